The zero-order valence-electron chi connectivity index (χ0n) is 15.3. The van der Waals surface area contributed by atoms with Gasteiger partial charge in [-0.3, -0.25) is 0 Å². The minimum absolute atomic E-state index is 0.507. The van der Waals surface area contributed by atoms with Crippen molar-refractivity contribution in [1.82, 2.24) is 4.98 Å². The monoisotopic (exact) mass is 376 g/mol. The molecule has 0 saturated heterocycles. The summed E-state index contributed by atoms with van der Waals surface area (Å²) in [6.45, 7) is 4.99. The van der Waals surface area contributed by atoms with Gasteiger partial charge in [-0.25, -0.2) is 4.98 Å². The maximum absolute atomic E-state index is 9.66. The number of nitrogens with zero attached hydrogens (tertiary/aromatic N) is 2. The van der Waals surface area contributed by atoms with Crippen LogP contribution in [-0.2, 0) is 0 Å². The van der Waals surface area contributed by atoms with Crippen molar-refractivity contribution in [2.24, 2.45) is 0 Å². The predicted molar refractivity (Wildman–Crippen MR) is 110 cm³/mol. The van der Waals surface area contributed by atoms with Crippen molar-refractivity contribution in [3.63, 3.8) is 0 Å². The third kappa shape index (κ3) is 4.55. The van der Waals surface area contributed by atoms with Gasteiger partial charge in [-0.15, -0.1) is 11.3 Å². The number of hydrogen-bond acceptors (Lipinski definition) is 5. The number of allylic oxidation sites excluding steroid dienone is 1. The second kappa shape index (κ2) is 9.02. The van der Waals surface area contributed by atoms with E-state index in [4.69, 9.17) is 9.47 Å². The Kier molecular flexibility index (Phi) is 6.24. The lowest BCUT2D eigenvalue weighted by Gasteiger charge is -2.10. The molecule has 3 rings (SSSR count). The van der Waals surface area contributed by atoms with Gasteiger partial charge in [0.1, 0.15) is 22.6 Å². The molecular formula is C22H20N2O2S. The van der Waals surface area contributed by atoms with Gasteiger partial charge in [0.25, 0.3) is 0 Å². The molecule has 0 atom stereocenters. The summed E-state index contributed by atoms with van der Waals surface area (Å²) >= 11 is 1.46. The molecule has 0 spiro atoms. The summed E-state index contributed by atoms with van der Waals surface area (Å²) < 4.78 is 11.3. The average Bonchev–Trinajstić information content (AvgIpc) is 3.19. The van der Waals surface area contributed by atoms with Crippen molar-refractivity contribution in [2.45, 2.75) is 13.8 Å². The second-order valence-electron chi connectivity index (χ2n) is 5.64. The number of ether oxygens (including phenoxy) is 2. The molecule has 0 N–H and O–H groups in total. The van der Waals surface area contributed by atoms with Gasteiger partial charge in [0.05, 0.1) is 24.5 Å². The molecule has 4 nitrogen and oxygen atoms in total. The van der Waals surface area contributed by atoms with Crippen LogP contribution in [0.15, 0.2) is 53.9 Å². The van der Waals surface area contributed by atoms with Gasteiger partial charge >= 0.3 is 0 Å². The van der Waals surface area contributed by atoms with Crippen molar-refractivity contribution in [1.29, 1.82) is 5.26 Å². The van der Waals surface area contributed by atoms with Crippen LogP contribution in [-0.4, -0.2) is 18.2 Å². The number of hydrogen-bond donors (Lipinski definition) is 0. The lowest BCUT2D eigenvalue weighted by atomic mass is 10.1. The van der Waals surface area contributed by atoms with E-state index in [1.165, 1.54) is 11.3 Å². The first-order valence-electron chi connectivity index (χ1n) is 8.78. The van der Waals surface area contributed by atoms with Gasteiger partial charge in [-0.05, 0) is 32.1 Å². The Labute approximate surface area is 163 Å². The molecule has 2 aromatic carbocycles. The highest BCUT2D eigenvalue weighted by molar-refractivity contribution is 7.11. The first kappa shape index (κ1) is 18.7. The molecule has 136 valence electrons. The third-order valence-corrected chi connectivity index (χ3v) is 4.70. The highest BCUT2D eigenvalue weighted by Gasteiger charge is 2.11. The molecular weight excluding hydrogens is 356 g/mol. The minimum Gasteiger partial charge on any atom is -0.494 e. The summed E-state index contributed by atoms with van der Waals surface area (Å²) in [7, 11) is 0. The number of rotatable bonds is 7. The maximum Gasteiger partial charge on any atom is 0.134 e. The van der Waals surface area contributed by atoms with E-state index < -0.39 is 0 Å². The van der Waals surface area contributed by atoms with Gasteiger partial charge in [0.2, 0.25) is 0 Å². The van der Waals surface area contributed by atoms with Crippen molar-refractivity contribution in [3.05, 3.63) is 64.5 Å². The third-order valence-electron chi connectivity index (χ3n) is 3.82. The molecule has 0 fully saturated rings. The van der Waals surface area contributed by atoms with Crippen molar-refractivity contribution >= 4 is 23.0 Å². The second-order valence-corrected chi connectivity index (χ2v) is 6.50. The molecule has 0 aliphatic carbocycles. The molecule has 0 amide bonds. The number of aromatic nitrogens is 1. The largest absolute Gasteiger partial charge is 0.494 e. The zero-order chi connectivity index (χ0) is 19.1. The van der Waals surface area contributed by atoms with E-state index in [1.54, 1.807) is 0 Å². The van der Waals surface area contributed by atoms with E-state index >= 15 is 0 Å². The summed E-state index contributed by atoms with van der Waals surface area (Å²) in [4.78, 5) is 4.63. The lowest BCUT2D eigenvalue weighted by molar-refractivity contribution is 0.322. The molecule has 5 heteroatoms. The van der Waals surface area contributed by atoms with Gasteiger partial charge < -0.3 is 9.47 Å². The van der Waals surface area contributed by atoms with Gasteiger partial charge in [-0.2, -0.15) is 5.26 Å². The number of benzene rings is 2. The van der Waals surface area contributed by atoms with Crippen LogP contribution >= 0.6 is 11.3 Å². The van der Waals surface area contributed by atoms with Crippen LogP contribution in [0.5, 0.6) is 11.5 Å². The van der Waals surface area contributed by atoms with Gasteiger partial charge in [-0.1, -0.05) is 30.3 Å². The van der Waals surface area contributed by atoms with Crippen LogP contribution in [0.25, 0.3) is 22.9 Å². The highest BCUT2D eigenvalue weighted by Crippen LogP contribution is 2.31. The topological polar surface area (TPSA) is 55.1 Å². The Morgan fingerprint density at radius 3 is 2.59 bits per heavy atom. The molecule has 3 aromatic rings. The van der Waals surface area contributed by atoms with E-state index in [-0.39, 0.29) is 0 Å². The van der Waals surface area contributed by atoms with Crippen LogP contribution in [0.4, 0.5) is 0 Å². The number of thiazole rings is 1. The molecule has 0 aliphatic rings. The molecule has 0 unspecified atom stereocenters. The standard InChI is InChI=1S/C22H20N2O2S/c1-3-25-19-11-10-17(21(13-19)26-4-2)12-18(14-23)22-24-20(15-27-22)16-8-6-5-7-9-16/h5-13,15H,3-4H2,1-2H3/b18-12+. The van der Waals surface area contributed by atoms with Crippen molar-refractivity contribution in [2.75, 3.05) is 13.2 Å². The van der Waals surface area contributed by atoms with Gasteiger partial charge in [0, 0.05) is 22.6 Å². The summed E-state index contributed by atoms with van der Waals surface area (Å²) in [6.07, 6.45) is 1.81. The lowest BCUT2D eigenvalue weighted by Crippen LogP contribution is -1.97. The molecule has 0 bridgehead atoms. The minimum atomic E-state index is 0.507. The van der Waals surface area contributed by atoms with Crippen LogP contribution < -0.4 is 9.47 Å². The van der Waals surface area contributed by atoms with E-state index in [9.17, 15) is 5.26 Å². The number of nitriles is 1. The van der Waals surface area contributed by atoms with E-state index in [0.717, 1.165) is 22.6 Å². The van der Waals surface area contributed by atoms with Crippen LogP contribution in [0, 0.1) is 11.3 Å². The SMILES string of the molecule is CCOc1ccc(/C=C(\C#N)c2nc(-c3ccccc3)cs2)c(OCC)c1. The Bertz CT molecular complexity index is 971. The first-order chi connectivity index (χ1) is 13.2. The fourth-order valence-corrected chi connectivity index (χ4v) is 3.40. The van der Waals surface area contributed by atoms with Crippen molar-refractivity contribution in [3.8, 4) is 28.8 Å². The van der Waals surface area contributed by atoms with Crippen LogP contribution in [0.1, 0.15) is 24.4 Å². The molecule has 1 heterocycles. The Morgan fingerprint density at radius 2 is 1.89 bits per heavy atom. The highest BCUT2D eigenvalue weighted by atomic mass is 32.1. The molecule has 0 radical (unpaired) electrons. The zero-order valence-corrected chi connectivity index (χ0v) is 16.1. The van der Waals surface area contributed by atoms with Gasteiger partial charge in [0.15, 0.2) is 0 Å². The Hall–Kier alpha value is -3.10. The Balaban J connectivity index is 1.95. The average molecular weight is 376 g/mol. The summed E-state index contributed by atoms with van der Waals surface area (Å²) in [5.74, 6) is 1.44. The maximum atomic E-state index is 9.66. The molecule has 27 heavy (non-hydrogen) atoms. The van der Waals surface area contributed by atoms with Crippen LogP contribution in [0.3, 0.4) is 0 Å². The smallest absolute Gasteiger partial charge is 0.134 e. The molecule has 1 aromatic heterocycles. The molecule has 0 aliphatic heterocycles. The van der Waals surface area contributed by atoms with E-state index in [2.05, 4.69) is 11.1 Å². The van der Waals surface area contributed by atoms with E-state index in [1.807, 2.05) is 73.8 Å². The normalized spacial score (nSPS) is 11.1. The summed E-state index contributed by atoms with van der Waals surface area (Å²) in [5, 5.41) is 12.3. The first-order valence-corrected chi connectivity index (χ1v) is 9.65. The predicted octanol–water partition coefficient (Wildman–Crippen LogP) is 5.67. The fourth-order valence-electron chi connectivity index (χ4n) is 2.61. The van der Waals surface area contributed by atoms with Crippen LogP contribution in [0.2, 0.25) is 0 Å². The quantitative estimate of drug-likeness (QED) is 0.498. The van der Waals surface area contributed by atoms with E-state index in [0.29, 0.717) is 29.5 Å². The molecule has 0 saturated carbocycles. The fraction of sp³-hybridized carbons (Fsp3) is 0.182. The summed E-state index contributed by atoms with van der Waals surface area (Å²) in [6, 6.07) is 17.8. The van der Waals surface area contributed by atoms with Crippen molar-refractivity contribution < 1.29 is 9.47 Å². The summed E-state index contributed by atoms with van der Waals surface area (Å²) in [5.41, 5.74) is 3.24. The Morgan fingerprint density at radius 1 is 1.11 bits per heavy atom.